The van der Waals surface area contributed by atoms with Crippen molar-refractivity contribution in [2.24, 2.45) is 0 Å². The Morgan fingerprint density at radius 1 is 1.08 bits per heavy atom. The van der Waals surface area contributed by atoms with Crippen LogP contribution in [0.25, 0.3) is 6.08 Å². The molecule has 0 aliphatic carbocycles. The minimum absolute atomic E-state index is 0.0883. The number of carbonyl (C=O) groups excluding carboxylic acids is 1. The molecule has 1 aliphatic rings. The summed E-state index contributed by atoms with van der Waals surface area (Å²) in [4.78, 5) is 14.3. The van der Waals surface area contributed by atoms with Crippen molar-refractivity contribution in [2.45, 2.75) is 19.9 Å². The summed E-state index contributed by atoms with van der Waals surface area (Å²) in [5, 5.41) is 0. The quantitative estimate of drug-likeness (QED) is 0.863. The minimum Gasteiger partial charge on any atom is -0.497 e. The van der Waals surface area contributed by atoms with Crippen LogP contribution in [0.4, 0.5) is 0 Å². The molecular weight excluding hydrogens is 302 g/mol. The van der Waals surface area contributed by atoms with Crippen molar-refractivity contribution in [1.82, 2.24) is 4.90 Å². The summed E-state index contributed by atoms with van der Waals surface area (Å²) in [6, 6.07) is 11.8. The first kappa shape index (κ1) is 16.1. The van der Waals surface area contributed by atoms with Crippen molar-refractivity contribution < 1.29 is 14.3 Å². The number of rotatable bonds is 4. The van der Waals surface area contributed by atoms with Gasteiger partial charge < -0.3 is 14.4 Å². The molecule has 0 saturated carbocycles. The molecule has 1 heterocycles. The Balaban J connectivity index is 1.83. The van der Waals surface area contributed by atoms with Crippen molar-refractivity contribution >= 4 is 12.0 Å². The van der Waals surface area contributed by atoms with E-state index in [0.717, 1.165) is 33.8 Å². The minimum atomic E-state index is 0.0883. The number of aryl methyl sites for hydroxylation is 1. The molecule has 1 aliphatic heterocycles. The molecule has 3 rings (SSSR count). The number of amides is 1. The summed E-state index contributed by atoms with van der Waals surface area (Å²) in [6.07, 6.45) is 4.22. The molecule has 0 spiro atoms. The highest BCUT2D eigenvalue weighted by Crippen LogP contribution is 2.27. The second kappa shape index (κ2) is 6.79. The van der Waals surface area contributed by atoms with Gasteiger partial charge in [-0.1, -0.05) is 18.2 Å². The van der Waals surface area contributed by atoms with Gasteiger partial charge in [0.15, 0.2) is 0 Å². The summed E-state index contributed by atoms with van der Waals surface area (Å²) in [7, 11) is 3.31. The van der Waals surface area contributed by atoms with Gasteiger partial charge in [-0.2, -0.15) is 0 Å². The van der Waals surface area contributed by atoms with Crippen molar-refractivity contribution in [3.63, 3.8) is 0 Å². The first-order valence-electron chi connectivity index (χ1n) is 7.89. The van der Waals surface area contributed by atoms with Crippen molar-refractivity contribution in [1.29, 1.82) is 0 Å². The van der Waals surface area contributed by atoms with Crippen LogP contribution in [-0.2, 0) is 17.8 Å². The molecule has 0 fully saturated rings. The fraction of sp³-hybridized carbons (Fsp3) is 0.250. The summed E-state index contributed by atoms with van der Waals surface area (Å²) in [5.74, 6) is 1.74. The lowest BCUT2D eigenvalue weighted by atomic mass is 10.0. The zero-order chi connectivity index (χ0) is 17.1. The van der Waals surface area contributed by atoms with Crippen LogP contribution in [0.2, 0.25) is 0 Å². The van der Waals surface area contributed by atoms with E-state index in [1.807, 2.05) is 55.6 Å². The summed E-state index contributed by atoms with van der Waals surface area (Å²) in [6.45, 7) is 2.54. The van der Waals surface area contributed by atoms with Crippen LogP contribution in [-0.4, -0.2) is 25.0 Å². The monoisotopic (exact) mass is 323 g/mol. The van der Waals surface area contributed by atoms with E-state index in [0.29, 0.717) is 13.0 Å². The molecule has 0 unspecified atom stereocenters. The molecular formula is C20H21NO3. The average Bonchev–Trinajstić information content (AvgIpc) is 2.74. The number of ether oxygens (including phenoxy) is 2. The van der Waals surface area contributed by atoms with Gasteiger partial charge in [0.2, 0.25) is 5.91 Å². The van der Waals surface area contributed by atoms with Crippen molar-refractivity contribution in [3.05, 3.63) is 64.9 Å². The van der Waals surface area contributed by atoms with Gasteiger partial charge in [0.25, 0.3) is 0 Å². The van der Waals surface area contributed by atoms with E-state index in [1.54, 1.807) is 19.1 Å². The second-order valence-electron chi connectivity index (χ2n) is 5.88. The van der Waals surface area contributed by atoms with E-state index in [-0.39, 0.29) is 5.91 Å². The lowest BCUT2D eigenvalue weighted by Gasteiger charge is -2.17. The Kier molecular flexibility index (Phi) is 4.56. The molecule has 0 aromatic heterocycles. The first-order valence-corrected chi connectivity index (χ1v) is 7.89. The Morgan fingerprint density at radius 2 is 1.83 bits per heavy atom. The summed E-state index contributed by atoms with van der Waals surface area (Å²) >= 11 is 0. The molecule has 0 atom stereocenters. The van der Waals surface area contributed by atoms with E-state index in [2.05, 4.69) is 0 Å². The van der Waals surface area contributed by atoms with Crippen molar-refractivity contribution in [3.8, 4) is 11.5 Å². The number of carbonyl (C=O) groups is 1. The number of hydrogen-bond donors (Lipinski definition) is 0. The van der Waals surface area contributed by atoms with Crippen LogP contribution in [0, 0.1) is 6.92 Å². The van der Waals surface area contributed by atoms with Gasteiger partial charge in [-0.25, -0.2) is 0 Å². The van der Waals surface area contributed by atoms with Crippen LogP contribution in [0.3, 0.4) is 0 Å². The predicted molar refractivity (Wildman–Crippen MR) is 94.0 cm³/mol. The van der Waals surface area contributed by atoms with Gasteiger partial charge in [0.1, 0.15) is 11.5 Å². The van der Waals surface area contributed by atoms with Crippen LogP contribution < -0.4 is 9.47 Å². The number of fused-ring (bicyclic) bond motifs is 1. The van der Waals surface area contributed by atoms with Gasteiger partial charge in [-0.05, 0) is 53.5 Å². The number of methoxy groups -OCH3 is 2. The zero-order valence-electron chi connectivity index (χ0n) is 14.2. The molecule has 0 saturated heterocycles. The van der Waals surface area contributed by atoms with Gasteiger partial charge >= 0.3 is 0 Å². The highest BCUT2D eigenvalue weighted by Gasteiger charge is 2.18. The number of benzene rings is 2. The molecule has 2 aromatic carbocycles. The average molecular weight is 323 g/mol. The molecule has 2 aromatic rings. The highest BCUT2D eigenvalue weighted by molar-refractivity contribution is 5.84. The SMILES string of the molecule is COc1ccc(CN2C=Cc3cc(OC)c(C)cc3CC2=O)cc1. The first-order chi connectivity index (χ1) is 11.6. The number of hydrogen-bond acceptors (Lipinski definition) is 3. The van der Waals surface area contributed by atoms with Crippen LogP contribution >= 0.6 is 0 Å². The third-order valence-electron chi connectivity index (χ3n) is 4.26. The molecule has 0 radical (unpaired) electrons. The van der Waals surface area contributed by atoms with E-state index < -0.39 is 0 Å². The Bertz CT molecular complexity index is 778. The molecule has 4 heteroatoms. The van der Waals surface area contributed by atoms with E-state index in [1.165, 1.54) is 0 Å². The maximum absolute atomic E-state index is 12.6. The van der Waals surface area contributed by atoms with E-state index in [9.17, 15) is 4.79 Å². The summed E-state index contributed by atoms with van der Waals surface area (Å²) < 4.78 is 10.5. The topological polar surface area (TPSA) is 38.8 Å². The van der Waals surface area contributed by atoms with Gasteiger partial charge in [-0.3, -0.25) is 4.79 Å². The lowest BCUT2D eigenvalue weighted by Crippen LogP contribution is -2.25. The molecule has 4 nitrogen and oxygen atoms in total. The highest BCUT2D eigenvalue weighted by atomic mass is 16.5. The molecule has 124 valence electrons. The Labute approximate surface area is 142 Å². The third kappa shape index (κ3) is 3.27. The smallest absolute Gasteiger partial charge is 0.231 e. The third-order valence-corrected chi connectivity index (χ3v) is 4.26. The largest absolute Gasteiger partial charge is 0.497 e. The van der Waals surface area contributed by atoms with Crippen molar-refractivity contribution in [2.75, 3.05) is 14.2 Å². The molecule has 1 amide bonds. The Morgan fingerprint density at radius 3 is 2.50 bits per heavy atom. The summed E-state index contributed by atoms with van der Waals surface area (Å²) in [5.41, 5.74) is 4.17. The fourth-order valence-corrected chi connectivity index (χ4v) is 2.88. The van der Waals surface area contributed by atoms with E-state index >= 15 is 0 Å². The molecule has 0 N–H and O–H groups in total. The maximum atomic E-state index is 12.6. The van der Waals surface area contributed by atoms with Gasteiger partial charge in [-0.15, -0.1) is 0 Å². The maximum Gasteiger partial charge on any atom is 0.231 e. The fourth-order valence-electron chi connectivity index (χ4n) is 2.88. The van der Waals surface area contributed by atoms with E-state index in [4.69, 9.17) is 9.47 Å². The van der Waals surface area contributed by atoms with Gasteiger partial charge in [0.05, 0.1) is 27.2 Å². The normalized spacial score (nSPS) is 13.5. The Hall–Kier alpha value is -2.75. The van der Waals surface area contributed by atoms with Gasteiger partial charge in [0, 0.05) is 6.20 Å². The van der Waals surface area contributed by atoms with Crippen LogP contribution in [0.5, 0.6) is 11.5 Å². The van der Waals surface area contributed by atoms with Crippen LogP contribution in [0.15, 0.2) is 42.6 Å². The molecule has 24 heavy (non-hydrogen) atoms. The lowest BCUT2D eigenvalue weighted by molar-refractivity contribution is -0.128. The standard InChI is InChI=1S/C20H21NO3/c1-14-10-17-12-20(22)21(9-8-16(17)11-19(14)24-3)13-15-4-6-18(23-2)7-5-15/h4-11H,12-13H2,1-3H3. The zero-order valence-corrected chi connectivity index (χ0v) is 14.2. The molecule has 0 bridgehead atoms. The number of nitrogens with zero attached hydrogens (tertiary/aromatic N) is 1. The predicted octanol–water partition coefficient (Wildman–Crippen LogP) is 3.57. The van der Waals surface area contributed by atoms with Crippen LogP contribution in [0.1, 0.15) is 22.3 Å². The second-order valence-corrected chi connectivity index (χ2v) is 5.88.